The Morgan fingerprint density at radius 3 is 2.60 bits per heavy atom. The Labute approximate surface area is 150 Å². The van der Waals surface area contributed by atoms with Crippen LogP contribution in [0, 0.1) is 0 Å². The van der Waals surface area contributed by atoms with Gasteiger partial charge in [-0.3, -0.25) is 9.59 Å². The summed E-state index contributed by atoms with van der Waals surface area (Å²) in [5.41, 5.74) is 1.90. The molecule has 0 unspecified atom stereocenters. The quantitative estimate of drug-likeness (QED) is 0.854. The molecule has 1 aliphatic rings. The van der Waals surface area contributed by atoms with Crippen LogP contribution in [0.5, 0.6) is 11.5 Å². The van der Waals surface area contributed by atoms with Gasteiger partial charge in [0.25, 0.3) is 0 Å². The lowest BCUT2D eigenvalue weighted by molar-refractivity contribution is -0.116. The van der Waals surface area contributed by atoms with Crippen LogP contribution < -0.4 is 20.1 Å². The van der Waals surface area contributed by atoms with E-state index < -0.39 is 0 Å². The Balaban J connectivity index is 1.63. The van der Waals surface area contributed by atoms with Gasteiger partial charge in [0.15, 0.2) is 11.5 Å². The molecule has 0 atom stereocenters. The molecular weight excluding hydrogens is 344 g/mol. The van der Waals surface area contributed by atoms with Crippen molar-refractivity contribution in [1.29, 1.82) is 0 Å². The van der Waals surface area contributed by atoms with E-state index in [1.165, 1.54) is 0 Å². The summed E-state index contributed by atoms with van der Waals surface area (Å²) < 4.78 is 10.5. The SMILES string of the molecule is CCC(=O)Nc1ccc(NC(=O)Cc2ccc3c(c2)OCO3)cc1Cl. The topological polar surface area (TPSA) is 76.7 Å². The molecule has 0 spiro atoms. The number of nitrogens with one attached hydrogen (secondary N) is 2. The average Bonchev–Trinajstić information content (AvgIpc) is 3.04. The van der Waals surface area contributed by atoms with Crippen molar-refractivity contribution in [3.63, 3.8) is 0 Å². The Morgan fingerprint density at radius 1 is 1.04 bits per heavy atom. The Hall–Kier alpha value is -2.73. The highest BCUT2D eigenvalue weighted by Crippen LogP contribution is 2.32. The van der Waals surface area contributed by atoms with Crippen molar-refractivity contribution >= 4 is 34.8 Å². The molecule has 2 aromatic carbocycles. The first-order valence-electron chi connectivity index (χ1n) is 7.83. The van der Waals surface area contributed by atoms with Gasteiger partial charge in [0.1, 0.15) is 0 Å². The Bertz CT molecular complexity index is 823. The fourth-order valence-electron chi connectivity index (χ4n) is 2.37. The molecule has 0 bridgehead atoms. The summed E-state index contributed by atoms with van der Waals surface area (Å²) in [7, 11) is 0. The van der Waals surface area contributed by atoms with Crippen LogP contribution in [0.25, 0.3) is 0 Å². The van der Waals surface area contributed by atoms with E-state index in [-0.39, 0.29) is 25.0 Å². The van der Waals surface area contributed by atoms with Crippen LogP contribution in [0.4, 0.5) is 11.4 Å². The van der Waals surface area contributed by atoms with Crippen molar-refractivity contribution in [1.82, 2.24) is 0 Å². The van der Waals surface area contributed by atoms with Crippen LogP contribution in [-0.2, 0) is 16.0 Å². The highest BCUT2D eigenvalue weighted by Gasteiger charge is 2.15. The molecule has 0 saturated heterocycles. The first kappa shape index (κ1) is 17.1. The van der Waals surface area contributed by atoms with Gasteiger partial charge < -0.3 is 20.1 Å². The van der Waals surface area contributed by atoms with E-state index in [2.05, 4.69) is 10.6 Å². The summed E-state index contributed by atoms with van der Waals surface area (Å²) in [6.45, 7) is 1.96. The molecule has 0 aliphatic carbocycles. The van der Waals surface area contributed by atoms with Gasteiger partial charge >= 0.3 is 0 Å². The van der Waals surface area contributed by atoms with Crippen LogP contribution in [0.1, 0.15) is 18.9 Å². The molecule has 2 aromatic rings. The largest absolute Gasteiger partial charge is 0.454 e. The van der Waals surface area contributed by atoms with Crippen LogP contribution in [-0.4, -0.2) is 18.6 Å². The lowest BCUT2D eigenvalue weighted by atomic mass is 10.1. The summed E-state index contributed by atoms with van der Waals surface area (Å²) >= 11 is 6.14. The van der Waals surface area contributed by atoms with Gasteiger partial charge in [-0.05, 0) is 35.9 Å². The van der Waals surface area contributed by atoms with E-state index in [4.69, 9.17) is 21.1 Å². The van der Waals surface area contributed by atoms with Crippen molar-refractivity contribution in [2.24, 2.45) is 0 Å². The number of anilines is 2. The predicted octanol–water partition coefficient (Wildman–Crippen LogP) is 3.60. The number of fused-ring (bicyclic) bond motifs is 1. The zero-order valence-electron chi connectivity index (χ0n) is 13.6. The summed E-state index contributed by atoms with van der Waals surface area (Å²) in [5, 5.41) is 5.84. The monoisotopic (exact) mass is 360 g/mol. The first-order valence-corrected chi connectivity index (χ1v) is 8.20. The zero-order valence-corrected chi connectivity index (χ0v) is 14.4. The normalized spacial score (nSPS) is 11.9. The molecule has 1 heterocycles. The van der Waals surface area contributed by atoms with Crippen LogP contribution in [0.2, 0.25) is 5.02 Å². The molecule has 7 heteroatoms. The average molecular weight is 361 g/mol. The second-order valence-electron chi connectivity index (χ2n) is 5.51. The number of benzene rings is 2. The lowest BCUT2D eigenvalue weighted by Gasteiger charge is -2.10. The number of carbonyl (C=O) groups excluding carboxylic acids is 2. The van der Waals surface area contributed by atoms with Crippen molar-refractivity contribution in [3.8, 4) is 11.5 Å². The number of hydrogen-bond acceptors (Lipinski definition) is 4. The van der Waals surface area contributed by atoms with Gasteiger partial charge in [-0.1, -0.05) is 24.6 Å². The van der Waals surface area contributed by atoms with Crippen LogP contribution in [0.3, 0.4) is 0 Å². The predicted molar refractivity (Wildman–Crippen MR) is 95.3 cm³/mol. The second kappa shape index (κ2) is 7.44. The highest BCUT2D eigenvalue weighted by atomic mass is 35.5. The molecular formula is C18H17ClN2O4. The summed E-state index contributed by atoms with van der Waals surface area (Å²) in [4.78, 5) is 23.6. The van der Waals surface area contributed by atoms with Crippen LogP contribution in [0.15, 0.2) is 36.4 Å². The smallest absolute Gasteiger partial charge is 0.231 e. The van der Waals surface area contributed by atoms with E-state index in [0.717, 1.165) is 5.56 Å². The maximum atomic E-state index is 12.2. The molecule has 6 nitrogen and oxygen atoms in total. The second-order valence-corrected chi connectivity index (χ2v) is 5.92. The van der Waals surface area contributed by atoms with Gasteiger partial charge in [0.2, 0.25) is 18.6 Å². The third-order valence-electron chi connectivity index (χ3n) is 3.65. The number of carbonyl (C=O) groups is 2. The van der Waals surface area contributed by atoms with Gasteiger partial charge in [-0.2, -0.15) is 0 Å². The van der Waals surface area contributed by atoms with E-state index >= 15 is 0 Å². The Morgan fingerprint density at radius 2 is 1.84 bits per heavy atom. The number of hydrogen-bond donors (Lipinski definition) is 2. The maximum absolute atomic E-state index is 12.2. The van der Waals surface area contributed by atoms with E-state index in [9.17, 15) is 9.59 Å². The Kier molecular flexibility index (Phi) is 5.09. The van der Waals surface area contributed by atoms with E-state index in [1.54, 1.807) is 37.3 Å². The highest BCUT2D eigenvalue weighted by molar-refractivity contribution is 6.34. The fraction of sp³-hybridized carbons (Fsp3) is 0.222. The summed E-state index contributed by atoms with van der Waals surface area (Å²) in [6, 6.07) is 10.3. The molecule has 2 N–H and O–H groups in total. The van der Waals surface area contributed by atoms with Gasteiger partial charge in [0.05, 0.1) is 17.1 Å². The fourth-order valence-corrected chi connectivity index (χ4v) is 2.60. The lowest BCUT2D eigenvalue weighted by Crippen LogP contribution is -2.15. The molecule has 3 rings (SSSR count). The molecule has 0 fully saturated rings. The minimum Gasteiger partial charge on any atom is -0.454 e. The molecule has 130 valence electrons. The molecule has 1 aliphatic heterocycles. The maximum Gasteiger partial charge on any atom is 0.231 e. The minimum absolute atomic E-state index is 0.124. The molecule has 0 saturated carbocycles. The molecule has 0 radical (unpaired) electrons. The third kappa shape index (κ3) is 4.22. The number of halogens is 1. The summed E-state index contributed by atoms with van der Waals surface area (Å²) in [6.07, 6.45) is 0.562. The van der Waals surface area contributed by atoms with Gasteiger partial charge in [-0.15, -0.1) is 0 Å². The van der Waals surface area contributed by atoms with E-state index in [1.807, 2.05) is 6.07 Å². The van der Waals surface area contributed by atoms with Gasteiger partial charge in [-0.25, -0.2) is 0 Å². The summed E-state index contributed by atoms with van der Waals surface area (Å²) in [5.74, 6) is 1.02. The van der Waals surface area contributed by atoms with Crippen molar-refractivity contribution in [2.45, 2.75) is 19.8 Å². The molecule has 2 amide bonds. The molecule has 0 aromatic heterocycles. The van der Waals surface area contributed by atoms with Crippen molar-refractivity contribution in [3.05, 3.63) is 47.0 Å². The standard InChI is InChI=1S/C18H17ClN2O4/c1-2-17(22)21-14-5-4-12(9-13(14)19)20-18(23)8-11-3-6-15-16(7-11)25-10-24-15/h3-7,9H,2,8,10H2,1H3,(H,20,23)(H,21,22). The molecule has 25 heavy (non-hydrogen) atoms. The van der Waals surface area contributed by atoms with Crippen molar-refractivity contribution < 1.29 is 19.1 Å². The third-order valence-corrected chi connectivity index (χ3v) is 3.96. The van der Waals surface area contributed by atoms with Crippen molar-refractivity contribution in [2.75, 3.05) is 17.4 Å². The number of amides is 2. The first-order chi connectivity index (χ1) is 12.0. The number of ether oxygens (including phenoxy) is 2. The zero-order chi connectivity index (χ0) is 17.8. The minimum atomic E-state index is -0.180. The van der Waals surface area contributed by atoms with Gasteiger partial charge in [0, 0.05) is 12.1 Å². The van der Waals surface area contributed by atoms with E-state index in [0.29, 0.717) is 34.3 Å². The van der Waals surface area contributed by atoms with Crippen LogP contribution >= 0.6 is 11.6 Å². The number of rotatable bonds is 5.